The van der Waals surface area contributed by atoms with Crippen molar-refractivity contribution in [3.05, 3.63) is 111 Å². The molecule has 0 fully saturated rings. The van der Waals surface area contributed by atoms with Gasteiger partial charge in [0, 0.05) is 11.1 Å². The van der Waals surface area contributed by atoms with Gasteiger partial charge >= 0.3 is 0 Å². The number of nitrogens with zero attached hydrogens (tertiary/aromatic N) is 1. The lowest BCUT2D eigenvalue weighted by Crippen LogP contribution is -2.29. The monoisotopic (exact) mass is 366 g/mol. The molecule has 0 spiro atoms. The van der Waals surface area contributed by atoms with Gasteiger partial charge in [-0.2, -0.15) is 0 Å². The van der Waals surface area contributed by atoms with Gasteiger partial charge < -0.3 is 5.32 Å². The number of amides is 1. The summed E-state index contributed by atoms with van der Waals surface area (Å²) in [4.78, 5) is 23.5. The molecule has 1 N–H and O–H groups in total. The largest absolute Gasteiger partial charge is 0.341 e. The lowest BCUT2D eigenvalue weighted by Gasteiger charge is -2.20. The van der Waals surface area contributed by atoms with E-state index in [1.54, 1.807) is 0 Å². The summed E-state index contributed by atoms with van der Waals surface area (Å²) < 4.78 is 0. The molecule has 0 saturated carbocycles. The van der Waals surface area contributed by atoms with E-state index >= 15 is 0 Å². The van der Waals surface area contributed by atoms with Gasteiger partial charge in [-0.05, 0) is 23.3 Å². The Kier molecular flexibility index (Phi) is 5.29. The molecule has 3 aromatic rings. The van der Waals surface area contributed by atoms with Crippen LogP contribution in [0, 0.1) is 10.1 Å². The summed E-state index contributed by atoms with van der Waals surface area (Å²) in [5.74, 6) is -0.558. The molecule has 3 aromatic carbocycles. The number of halogens is 1. The fourth-order valence-electron chi connectivity index (χ4n) is 2.71. The minimum atomic E-state index is -0.592. The number of carbonyl (C=O) groups excluding carboxylic acids is 1. The quantitative estimate of drug-likeness (QED) is 0.522. The highest BCUT2D eigenvalue weighted by atomic mass is 35.5. The van der Waals surface area contributed by atoms with Crippen molar-refractivity contribution in [1.29, 1.82) is 0 Å². The molecule has 0 bridgehead atoms. The van der Waals surface area contributed by atoms with E-state index in [9.17, 15) is 14.9 Å². The third-order valence-electron chi connectivity index (χ3n) is 3.94. The lowest BCUT2D eigenvalue weighted by atomic mass is 9.98. The average Bonchev–Trinajstić information content (AvgIpc) is 2.67. The molecule has 0 saturated heterocycles. The summed E-state index contributed by atoms with van der Waals surface area (Å²) in [6.45, 7) is 0. The van der Waals surface area contributed by atoms with Gasteiger partial charge in [-0.15, -0.1) is 0 Å². The van der Waals surface area contributed by atoms with E-state index in [-0.39, 0.29) is 16.3 Å². The molecule has 0 unspecified atom stereocenters. The van der Waals surface area contributed by atoms with Crippen LogP contribution in [0.25, 0.3) is 0 Å². The molecule has 0 heterocycles. The summed E-state index contributed by atoms with van der Waals surface area (Å²) in [5, 5.41) is 14.4. The fraction of sp³-hybridized carbons (Fsp3) is 0.0500. The molecule has 3 rings (SSSR count). The van der Waals surface area contributed by atoms with Crippen LogP contribution in [-0.2, 0) is 0 Å². The van der Waals surface area contributed by atoms with Gasteiger partial charge in [-0.3, -0.25) is 14.9 Å². The number of nitrogens with one attached hydrogen (secondary N) is 1. The SMILES string of the molecule is O=C(NC(c1ccccc1)c1ccccc1)c1cc(Cl)ccc1[N+](=O)[O-]. The summed E-state index contributed by atoms with van der Waals surface area (Å²) in [6.07, 6.45) is 0. The van der Waals surface area contributed by atoms with Gasteiger partial charge in [-0.1, -0.05) is 72.3 Å². The van der Waals surface area contributed by atoms with Crippen molar-refractivity contribution in [3.8, 4) is 0 Å². The molecule has 0 aromatic heterocycles. The predicted molar refractivity (Wildman–Crippen MR) is 100 cm³/mol. The minimum Gasteiger partial charge on any atom is -0.341 e. The standard InChI is InChI=1S/C20H15ClN2O3/c21-16-11-12-18(23(25)26)17(13-16)20(24)22-19(14-7-3-1-4-8-14)15-9-5-2-6-10-15/h1-13,19H,(H,22,24). The van der Waals surface area contributed by atoms with Crippen LogP contribution in [0.2, 0.25) is 5.02 Å². The second-order valence-corrected chi connectivity index (χ2v) is 6.08. The van der Waals surface area contributed by atoms with E-state index in [2.05, 4.69) is 5.32 Å². The lowest BCUT2D eigenvalue weighted by molar-refractivity contribution is -0.385. The van der Waals surface area contributed by atoms with Gasteiger partial charge in [-0.25, -0.2) is 0 Å². The first-order chi connectivity index (χ1) is 12.6. The minimum absolute atomic E-state index is 0.0700. The Morgan fingerprint density at radius 2 is 1.46 bits per heavy atom. The second-order valence-electron chi connectivity index (χ2n) is 5.65. The third kappa shape index (κ3) is 3.90. The van der Waals surface area contributed by atoms with Crippen LogP contribution in [0.4, 0.5) is 5.69 Å². The summed E-state index contributed by atoms with van der Waals surface area (Å²) in [6, 6.07) is 22.3. The number of nitro benzene ring substituents is 1. The Hall–Kier alpha value is -3.18. The third-order valence-corrected chi connectivity index (χ3v) is 4.18. The highest BCUT2D eigenvalue weighted by molar-refractivity contribution is 6.31. The zero-order valence-corrected chi connectivity index (χ0v) is 14.4. The highest BCUT2D eigenvalue weighted by Gasteiger charge is 2.24. The van der Waals surface area contributed by atoms with E-state index in [4.69, 9.17) is 11.6 Å². The normalized spacial score (nSPS) is 10.5. The van der Waals surface area contributed by atoms with Crippen LogP contribution in [0.3, 0.4) is 0 Å². The van der Waals surface area contributed by atoms with Crippen molar-refractivity contribution < 1.29 is 9.72 Å². The Bertz CT molecular complexity index is 891. The zero-order chi connectivity index (χ0) is 18.5. The number of rotatable bonds is 5. The van der Waals surface area contributed by atoms with Crippen LogP contribution in [0.1, 0.15) is 27.5 Å². The molecule has 0 atom stereocenters. The van der Waals surface area contributed by atoms with Crippen LogP contribution in [0.15, 0.2) is 78.9 Å². The highest BCUT2D eigenvalue weighted by Crippen LogP contribution is 2.26. The molecule has 26 heavy (non-hydrogen) atoms. The Morgan fingerprint density at radius 1 is 0.923 bits per heavy atom. The van der Waals surface area contributed by atoms with E-state index in [1.165, 1.54) is 18.2 Å². The van der Waals surface area contributed by atoms with Gasteiger partial charge in [0.15, 0.2) is 0 Å². The number of hydrogen-bond acceptors (Lipinski definition) is 3. The summed E-state index contributed by atoms with van der Waals surface area (Å²) in [5.41, 5.74) is 1.39. The molecule has 0 aliphatic rings. The summed E-state index contributed by atoms with van der Waals surface area (Å²) >= 11 is 5.93. The van der Waals surface area contributed by atoms with Crippen molar-refractivity contribution >= 4 is 23.2 Å². The molecule has 130 valence electrons. The van der Waals surface area contributed by atoms with Gasteiger partial charge in [0.1, 0.15) is 5.56 Å². The fourth-order valence-corrected chi connectivity index (χ4v) is 2.88. The smallest absolute Gasteiger partial charge is 0.282 e. The zero-order valence-electron chi connectivity index (χ0n) is 13.6. The Morgan fingerprint density at radius 3 is 1.96 bits per heavy atom. The predicted octanol–water partition coefficient (Wildman–Crippen LogP) is 4.77. The number of carbonyl (C=O) groups is 1. The molecular weight excluding hydrogens is 352 g/mol. The summed E-state index contributed by atoms with van der Waals surface area (Å²) in [7, 11) is 0. The van der Waals surface area contributed by atoms with Crippen LogP contribution in [0.5, 0.6) is 0 Å². The van der Waals surface area contributed by atoms with Gasteiger partial charge in [0.25, 0.3) is 11.6 Å². The number of benzene rings is 3. The van der Waals surface area contributed by atoms with Gasteiger partial charge in [0.2, 0.25) is 0 Å². The van der Waals surface area contributed by atoms with Crippen LogP contribution >= 0.6 is 11.6 Å². The van der Waals surface area contributed by atoms with Crippen molar-refractivity contribution in [3.63, 3.8) is 0 Å². The molecule has 0 radical (unpaired) electrons. The van der Waals surface area contributed by atoms with Crippen LogP contribution < -0.4 is 5.32 Å². The van der Waals surface area contributed by atoms with Crippen LogP contribution in [-0.4, -0.2) is 10.8 Å². The Balaban J connectivity index is 1.99. The van der Waals surface area contributed by atoms with E-state index < -0.39 is 16.9 Å². The second kappa shape index (κ2) is 7.80. The maximum absolute atomic E-state index is 12.8. The molecule has 5 nitrogen and oxygen atoms in total. The Labute approximate surface area is 155 Å². The molecule has 0 aliphatic heterocycles. The van der Waals surface area contributed by atoms with Crippen molar-refractivity contribution in [2.24, 2.45) is 0 Å². The topological polar surface area (TPSA) is 72.2 Å². The first-order valence-corrected chi connectivity index (χ1v) is 8.29. The number of hydrogen-bond donors (Lipinski definition) is 1. The van der Waals surface area contributed by atoms with Crippen molar-refractivity contribution in [2.45, 2.75) is 6.04 Å². The molecule has 6 heteroatoms. The molecule has 0 aliphatic carbocycles. The van der Waals surface area contributed by atoms with Crippen molar-refractivity contribution in [2.75, 3.05) is 0 Å². The maximum atomic E-state index is 12.8. The first-order valence-electron chi connectivity index (χ1n) is 7.91. The van der Waals surface area contributed by atoms with Gasteiger partial charge in [0.05, 0.1) is 11.0 Å². The van der Waals surface area contributed by atoms with E-state index in [1.807, 2.05) is 60.7 Å². The number of nitro groups is 1. The molecule has 1 amide bonds. The van der Waals surface area contributed by atoms with E-state index in [0.29, 0.717) is 0 Å². The average molecular weight is 367 g/mol. The first kappa shape index (κ1) is 17.6. The van der Waals surface area contributed by atoms with E-state index in [0.717, 1.165) is 11.1 Å². The maximum Gasteiger partial charge on any atom is 0.282 e. The van der Waals surface area contributed by atoms with Crippen molar-refractivity contribution in [1.82, 2.24) is 5.32 Å². The molecular formula is C20H15ClN2O3.